The van der Waals surface area contributed by atoms with E-state index in [2.05, 4.69) is 19.6 Å². The molecule has 9 heteroatoms. The maximum Gasteiger partial charge on any atom is 0.387 e. The Bertz CT molecular complexity index is 964. The van der Waals surface area contributed by atoms with Crippen LogP contribution in [0.3, 0.4) is 0 Å². The van der Waals surface area contributed by atoms with Crippen molar-refractivity contribution in [3.63, 3.8) is 0 Å². The van der Waals surface area contributed by atoms with Gasteiger partial charge in [0.25, 0.3) is 0 Å². The quantitative estimate of drug-likeness (QED) is 0.465. The van der Waals surface area contributed by atoms with Crippen LogP contribution in [0.25, 0.3) is 11.0 Å². The van der Waals surface area contributed by atoms with Crippen molar-refractivity contribution in [3.05, 3.63) is 54.1 Å². The highest BCUT2D eigenvalue weighted by atomic mass is 32.2. The number of rotatable bonds is 11. The Labute approximate surface area is 177 Å². The lowest BCUT2D eigenvalue weighted by Crippen LogP contribution is -2.27. The number of imidazole rings is 1. The number of ether oxygens (including phenoxy) is 2. The Balaban J connectivity index is 1.49. The molecule has 160 valence electrons. The number of hydrogen-bond donors (Lipinski definition) is 1. The van der Waals surface area contributed by atoms with Gasteiger partial charge in [-0.1, -0.05) is 36.0 Å². The number of carbonyl (C=O) groups is 1. The molecule has 2 aromatic carbocycles. The number of nitrogens with zero attached hydrogens (tertiary/aromatic N) is 2. The first-order chi connectivity index (χ1) is 14.6. The van der Waals surface area contributed by atoms with Crippen molar-refractivity contribution >= 4 is 28.7 Å². The molecular weight excluding hydrogens is 412 g/mol. The normalized spacial score (nSPS) is 11.2. The van der Waals surface area contributed by atoms with Crippen molar-refractivity contribution in [1.82, 2.24) is 14.9 Å². The van der Waals surface area contributed by atoms with Gasteiger partial charge < -0.3 is 19.4 Å². The molecule has 1 aromatic heterocycles. The Hall–Kier alpha value is -2.65. The largest absolute Gasteiger partial charge is 0.435 e. The number of carbonyl (C=O) groups excluding carboxylic acids is 1. The lowest BCUT2D eigenvalue weighted by atomic mass is 10.1. The van der Waals surface area contributed by atoms with E-state index in [1.165, 1.54) is 23.9 Å². The summed E-state index contributed by atoms with van der Waals surface area (Å²) >= 11 is 1.38. The number of halogens is 2. The van der Waals surface area contributed by atoms with E-state index in [-0.39, 0.29) is 17.4 Å². The van der Waals surface area contributed by atoms with Crippen molar-refractivity contribution < 1.29 is 23.0 Å². The van der Waals surface area contributed by atoms with Crippen LogP contribution >= 0.6 is 11.8 Å². The molecule has 3 aromatic rings. The molecule has 0 saturated carbocycles. The SMILES string of the molecule is COCCn1c(SCC(=O)NCCc2ccc(OC(F)F)cc2)nc2ccccc21. The standard InChI is InChI=1S/C21H23F2N3O3S/c1-28-13-12-26-18-5-3-2-4-17(18)25-21(26)30-14-19(27)24-11-10-15-6-8-16(9-7-15)29-20(22)23/h2-9,20H,10-14H2,1H3,(H,24,27). The lowest BCUT2D eigenvalue weighted by molar-refractivity contribution is -0.118. The first-order valence-corrected chi connectivity index (χ1v) is 10.4. The molecule has 0 bridgehead atoms. The summed E-state index contributed by atoms with van der Waals surface area (Å²) in [5.74, 6) is 0.269. The van der Waals surface area contributed by atoms with Crippen molar-refractivity contribution in [2.45, 2.75) is 24.7 Å². The summed E-state index contributed by atoms with van der Waals surface area (Å²) in [6.45, 7) is -1.17. The molecular formula is C21H23F2N3O3S. The number of alkyl halides is 2. The molecule has 3 rings (SSSR count). The number of benzene rings is 2. The molecule has 1 N–H and O–H groups in total. The van der Waals surface area contributed by atoms with Crippen LogP contribution in [0.15, 0.2) is 53.7 Å². The molecule has 0 aliphatic carbocycles. The summed E-state index contributed by atoms with van der Waals surface area (Å²) in [6.07, 6.45) is 0.595. The summed E-state index contributed by atoms with van der Waals surface area (Å²) < 4.78 is 35.9. The summed E-state index contributed by atoms with van der Waals surface area (Å²) in [4.78, 5) is 16.8. The van der Waals surface area contributed by atoms with Gasteiger partial charge in [-0.2, -0.15) is 8.78 Å². The number of thioether (sulfide) groups is 1. The number of amides is 1. The number of aromatic nitrogens is 2. The average molecular weight is 435 g/mol. The van der Waals surface area contributed by atoms with Gasteiger partial charge in [0, 0.05) is 20.2 Å². The Morgan fingerprint density at radius 1 is 1.20 bits per heavy atom. The summed E-state index contributed by atoms with van der Waals surface area (Å²) in [5.41, 5.74) is 2.82. The summed E-state index contributed by atoms with van der Waals surface area (Å²) in [5, 5.41) is 3.65. The van der Waals surface area contributed by atoms with Crippen molar-refractivity contribution in [3.8, 4) is 5.75 Å². The van der Waals surface area contributed by atoms with Gasteiger partial charge >= 0.3 is 6.61 Å². The van der Waals surface area contributed by atoms with Crippen LogP contribution in [0.4, 0.5) is 8.78 Å². The molecule has 30 heavy (non-hydrogen) atoms. The van der Waals surface area contributed by atoms with Crippen LogP contribution in [0.2, 0.25) is 0 Å². The van der Waals surface area contributed by atoms with Gasteiger partial charge in [-0.3, -0.25) is 4.79 Å². The average Bonchev–Trinajstić information content (AvgIpc) is 3.09. The Kier molecular flexibility index (Phi) is 8.04. The molecule has 0 fully saturated rings. The van der Waals surface area contributed by atoms with Crippen LogP contribution in [0, 0.1) is 0 Å². The van der Waals surface area contributed by atoms with E-state index >= 15 is 0 Å². The molecule has 0 atom stereocenters. The molecule has 0 saturated heterocycles. The minimum atomic E-state index is -2.84. The number of methoxy groups -OCH3 is 1. The molecule has 0 aliphatic heterocycles. The van der Waals surface area contributed by atoms with E-state index in [0.29, 0.717) is 26.1 Å². The van der Waals surface area contributed by atoms with E-state index in [9.17, 15) is 13.6 Å². The zero-order chi connectivity index (χ0) is 21.3. The third kappa shape index (κ3) is 6.17. The molecule has 6 nitrogen and oxygen atoms in total. The van der Waals surface area contributed by atoms with Gasteiger partial charge in [0.1, 0.15) is 5.75 Å². The first kappa shape index (κ1) is 22.0. The van der Waals surface area contributed by atoms with E-state index < -0.39 is 6.61 Å². The summed E-state index contributed by atoms with van der Waals surface area (Å²) in [7, 11) is 1.65. The Morgan fingerprint density at radius 3 is 2.70 bits per heavy atom. The van der Waals surface area contributed by atoms with Crippen LogP contribution in [0.5, 0.6) is 5.75 Å². The van der Waals surface area contributed by atoms with Gasteiger partial charge in [0.2, 0.25) is 5.91 Å². The van der Waals surface area contributed by atoms with Gasteiger partial charge in [-0.15, -0.1) is 0 Å². The van der Waals surface area contributed by atoms with Gasteiger partial charge in [-0.05, 0) is 36.2 Å². The van der Waals surface area contributed by atoms with E-state index in [0.717, 1.165) is 21.8 Å². The fraction of sp³-hybridized carbons (Fsp3) is 0.333. The minimum absolute atomic E-state index is 0.0944. The highest BCUT2D eigenvalue weighted by Crippen LogP contribution is 2.24. The second-order valence-electron chi connectivity index (χ2n) is 6.44. The monoisotopic (exact) mass is 435 g/mol. The third-order valence-electron chi connectivity index (χ3n) is 4.36. The lowest BCUT2D eigenvalue weighted by Gasteiger charge is -2.09. The second kappa shape index (κ2) is 10.9. The molecule has 0 unspecified atom stereocenters. The van der Waals surface area contributed by atoms with Gasteiger partial charge in [0.15, 0.2) is 5.16 Å². The topological polar surface area (TPSA) is 65.4 Å². The number of para-hydroxylation sites is 2. The smallest absolute Gasteiger partial charge is 0.387 e. The third-order valence-corrected chi connectivity index (χ3v) is 5.33. The fourth-order valence-corrected chi connectivity index (χ4v) is 3.80. The maximum absolute atomic E-state index is 12.2. The highest BCUT2D eigenvalue weighted by Gasteiger charge is 2.12. The van der Waals surface area contributed by atoms with Crippen molar-refractivity contribution in [2.24, 2.45) is 0 Å². The van der Waals surface area contributed by atoms with E-state index in [1.807, 2.05) is 24.3 Å². The van der Waals surface area contributed by atoms with Crippen LogP contribution in [-0.2, 0) is 22.5 Å². The predicted molar refractivity (Wildman–Crippen MR) is 112 cm³/mol. The molecule has 1 heterocycles. The number of fused-ring (bicyclic) bond motifs is 1. The number of hydrogen-bond acceptors (Lipinski definition) is 5. The van der Waals surface area contributed by atoms with E-state index in [4.69, 9.17) is 4.74 Å². The summed E-state index contributed by atoms with van der Waals surface area (Å²) in [6, 6.07) is 14.2. The van der Waals surface area contributed by atoms with Gasteiger partial charge in [0.05, 0.1) is 23.4 Å². The highest BCUT2D eigenvalue weighted by molar-refractivity contribution is 7.99. The number of nitrogens with one attached hydrogen (secondary N) is 1. The minimum Gasteiger partial charge on any atom is -0.435 e. The first-order valence-electron chi connectivity index (χ1n) is 9.44. The molecule has 1 amide bonds. The van der Waals surface area contributed by atoms with Crippen molar-refractivity contribution in [1.29, 1.82) is 0 Å². The van der Waals surface area contributed by atoms with Gasteiger partial charge in [-0.25, -0.2) is 4.98 Å². The van der Waals surface area contributed by atoms with E-state index in [1.54, 1.807) is 19.2 Å². The van der Waals surface area contributed by atoms with Crippen LogP contribution in [0.1, 0.15) is 5.56 Å². The Morgan fingerprint density at radius 2 is 1.97 bits per heavy atom. The molecule has 0 radical (unpaired) electrons. The fourth-order valence-electron chi connectivity index (χ4n) is 2.93. The second-order valence-corrected chi connectivity index (χ2v) is 7.38. The van der Waals surface area contributed by atoms with Crippen LogP contribution in [-0.4, -0.2) is 48.1 Å². The molecule has 0 spiro atoms. The molecule has 0 aliphatic rings. The van der Waals surface area contributed by atoms with Crippen molar-refractivity contribution in [2.75, 3.05) is 26.0 Å². The van der Waals surface area contributed by atoms with Crippen LogP contribution < -0.4 is 10.1 Å². The zero-order valence-electron chi connectivity index (χ0n) is 16.5. The predicted octanol–water partition coefficient (Wildman–Crippen LogP) is 3.74. The zero-order valence-corrected chi connectivity index (χ0v) is 17.3. The maximum atomic E-state index is 12.2.